The van der Waals surface area contributed by atoms with Gasteiger partial charge in [-0.15, -0.1) is 0 Å². The van der Waals surface area contributed by atoms with E-state index < -0.39 is 0 Å². The third-order valence-electron chi connectivity index (χ3n) is 2.71. The molecule has 0 aliphatic rings. The van der Waals surface area contributed by atoms with Crippen LogP contribution in [-0.2, 0) is 4.79 Å². The summed E-state index contributed by atoms with van der Waals surface area (Å²) in [5, 5.41) is 5.25. The molecule has 2 amide bonds. The Hall–Kier alpha value is -2.24. The van der Waals surface area contributed by atoms with Crippen molar-refractivity contribution >= 4 is 17.5 Å². The van der Waals surface area contributed by atoms with Crippen molar-refractivity contribution in [2.45, 2.75) is 19.8 Å². The Bertz CT molecular complexity index is 475. The molecule has 110 valence electrons. The molecule has 1 aromatic carbocycles. The molecule has 0 spiro atoms. The first-order valence-corrected chi connectivity index (χ1v) is 6.59. The average molecular weight is 279 g/mol. The van der Waals surface area contributed by atoms with Gasteiger partial charge in [-0.3, -0.25) is 9.59 Å². The van der Waals surface area contributed by atoms with Gasteiger partial charge in [0.25, 0.3) is 11.8 Å². The molecular formula is C14H21N3O3. The zero-order valence-electron chi connectivity index (χ0n) is 11.9. The molecule has 1 aromatic rings. The second-order valence-corrected chi connectivity index (χ2v) is 4.32. The number of hydrogen-bond donors (Lipinski definition) is 3. The van der Waals surface area contributed by atoms with Crippen LogP contribution >= 0.6 is 0 Å². The number of unbranched alkanes of at least 4 members (excludes halogenated alkanes) is 1. The monoisotopic (exact) mass is 279 g/mol. The molecule has 0 radical (unpaired) electrons. The third kappa shape index (κ3) is 4.79. The van der Waals surface area contributed by atoms with Gasteiger partial charge in [-0.25, -0.2) is 0 Å². The van der Waals surface area contributed by atoms with E-state index in [0.29, 0.717) is 23.5 Å². The Morgan fingerprint density at radius 3 is 2.70 bits per heavy atom. The van der Waals surface area contributed by atoms with Gasteiger partial charge < -0.3 is 21.1 Å². The first-order chi connectivity index (χ1) is 9.58. The highest BCUT2D eigenvalue weighted by atomic mass is 16.5. The number of nitrogens with two attached hydrogens (primary N) is 1. The van der Waals surface area contributed by atoms with Gasteiger partial charge in [0, 0.05) is 19.2 Å². The smallest absolute Gasteiger partial charge is 0.257 e. The Morgan fingerprint density at radius 2 is 2.10 bits per heavy atom. The van der Waals surface area contributed by atoms with Crippen molar-refractivity contribution < 1.29 is 14.3 Å². The van der Waals surface area contributed by atoms with Crippen LogP contribution in [0.5, 0.6) is 5.75 Å². The number of ether oxygens (including phenoxy) is 1. The molecule has 0 aliphatic carbocycles. The lowest BCUT2D eigenvalue weighted by Gasteiger charge is -2.10. The number of carbonyl (C=O) groups is 2. The Kier molecular flexibility index (Phi) is 6.36. The van der Waals surface area contributed by atoms with Crippen LogP contribution in [0.15, 0.2) is 18.2 Å². The fourth-order valence-corrected chi connectivity index (χ4v) is 1.56. The van der Waals surface area contributed by atoms with Crippen LogP contribution in [0.25, 0.3) is 0 Å². The summed E-state index contributed by atoms with van der Waals surface area (Å²) in [6, 6.07) is 4.70. The quantitative estimate of drug-likeness (QED) is 0.511. The molecular weight excluding hydrogens is 258 g/mol. The Morgan fingerprint density at radius 1 is 1.35 bits per heavy atom. The molecule has 0 atom stereocenters. The lowest BCUT2D eigenvalue weighted by molar-refractivity contribution is -0.123. The van der Waals surface area contributed by atoms with Gasteiger partial charge in [0.15, 0.2) is 6.61 Å². The van der Waals surface area contributed by atoms with E-state index in [0.717, 1.165) is 12.8 Å². The van der Waals surface area contributed by atoms with Crippen LogP contribution in [0.1, 0.15) is 30.1 Å². The number of hydrogen-bond acceptors (Lipinski definition) is 4. The zero-order valence-corrected chi connectivity index (χ0v) is 11.9. The third-order valence-corrected chi connectivity index (χ3v) is 2.71. The molecule has 6 nitrogen and oxygen atoms in total. The van der Waals surface area contributed by atoms with Crippen LogP contribution in [0.2, 0.25) is 0 Å². The standard InChI is InChI=1S/C14H21N3O3/c1-3-4-7-17-13(18)9-20-12-6-5-10(8-11(12)15)14(19)16-2/h5-6,8H,3-4,7,9,15H2,1-2H3,(H,16,19)(H,17,18). The summed E-state index contributed by atoms with van der Waals surface area (Å²) in [6.07, 6.45) is 1.96. The first-order valence-electron chi connectivity index (χ1n) is 6.59. The number of nitrogens with one attached hydrogen (secondary N) is 2. The van der Waals surface area contributed by atoms with Gasteiger partial charge in [-0.2, -0.15) is 0 Å². The summed E-state index contributed by atoms with van der Waals surface area (Å²) in [4.78, 5) is 22.9. The van der Waals surface area contributed by atoms with Gasteiger partial charge in [-0.1, -0.05) is 13.3 Å². The van der Waals surface area contributed by atoms with E-state index in [9.17, 15) is 9.59 Å². The molecule has 0 aromatic heterocycles. The second-order valence-electron chi connectivity index (χ2n) is 4.32. The molecule has 0 unspecified atom stereocenters. The minimum Gasteiger partial charge on any atom is -0.482 e. The van der Waals surface area contributed by atoms with E-state index in [1.165, 1.54) is 6.07 Å². The molecule has 0 heterocycles. The predicted molar refractivity (Wildman–Crippen MR) is 77.7 cm³/mol. The summed E-state index contributed by atoms with van der Waals surface area (Å²) in [5.74, 6) is -0.0166. The van der Waals surface area contributed by atoms with Gasteiger partial charge in [0.1, 0.15) is 5.75 Å². The molecule has 1 rings (SSSR count). The summed E-state index contributed by atoms with van der Waals surface area (Å²) < 4.78 is 5.33. The van der Waals surface area contributed by atoms with Gasteiger partial charge in [-0.05, 0) is 24.6 Å². The van der Waals surface area contributed by atoms with Gasteiger partial charge in [0.05, 0.1) is 5.69 Å². The lowest BCUT2D eigenvalue weighted by Crippen LogP contribution is -2.29. The largest absolute Gasteiger partial charge is 0.482 e. The van der Waals surface area contributed by atoms with Crippen molar-refractivity contribution in [3.63, 3.8) is 0 Å². The van der Waals surface area contributed by atoms with Crippen LogP contribution in [0.4, 0.5) is 5.69 Å². The molecule has 20 heavy (non-hydrogen) atoms. The number of rotatable bonds is 7. The van der Waals surface area contributed by atoms with Crippen molar-refractivity contribution in [3.05, 3.63) is 23.8 Å². The Labute approximate surface area is 118 Å². The zero-order chi connectivity index (χ0) is 15.0. The minimum atomic E-state index is -0.222. The van der Waals surface area contributed by atoms with E-state index in [1.54, 1.807) is 19.2 Å². The van der Waals surface area contributed by atoms with Crippen LogP contribution < -0.4 is 21.1 Å². The predicted octanol–water partition coefficient (Wildman–Crippen LogP) is 0.923. The van der Waals surface area contributed by atoms with Crippen molar-refractivity contribution in [2.75, 3.05) is 25.9 Å². The van der Waals surface area contributed by atoms with Gasteiger partial charge >= 0.3 is 0 Å². The lowest BCUT2D eigenvalue weighted by atomic mass is 10.2. The normalized spacial score (nSPS) is 9.90. The molecule has 0 saturated heterocycles. The van der Waals surface area contributed by atoms with Crippen LogP contribution in [0, 0.1) is 0 Å². The molecule has 0 aliphatic heterocycles. The number of anilines is 1. The van der Waals surface area contributed by atoms with Gasteiger partial charge in [0.2, 0.25) is 0 Å². The van der Waals surface area contributed by atoms with E-state index in [-0.39, 0.29) is 18.4 Å². The average Bonchev–Trinajstić information content (AvgIpc) is 2.45. The topological polar surface area (TPSA) is 93.4 Å². The maximum Gasteiger partial charge on any atom is 0.257 e. The molecule has 4 N–H and O–H groups in total. The SMILES string of the molecule is CCCCNC(=O)COc1ccc(C(=O)NC)cc1N. The fraction of sp³-hybridized carbons (Fsp3) is 0.429. The molecule has 0 fully saturated rings. The van der Waals surface area contributed by atoms with E-state index >= 15 is 0 Å². The maximum absolute atomic E-state index is 11.5. The first kappa shape index (κ1) is 15.8. The number of carbonyl (C=O) groups excluding carboxylic acids is 2. The van der Waals surface area contributed by atoms with Crippen molar-refractivity contribution in [1.82, 2.24) is 10.6 Å². The fourth-order valence-electron chi connectivity index (χ4n) is 1.56. The minimum absolute atomic E-state index is 0.0900. The Balaban J connectivity index is 2.52. The maximum atomic E-state index is 11.5. The second kappa shape index (κ2) is 8.04. The summed E-state index contributed by atoms with van der Waals surface area (Å²) in [5.41, 5.74) is 6.56. The van der Waals surface area contributed by atoms with Crippen molar-refractivity contribution in [2.24, 2.45) is 0 Å². The van der Waals surface area contributed by atoms with E-state index in [4.69, 9.17) is 10.5 Å². The molecule has 0 saturated carbocycles. The van der Waals surface area contributed by atoms with Crippen molar-refractivity contribution in [3.8, 4) is 5.75 Å². The summed E-state index contributed by atoms with van der Waals surface area (Å²) in [7, 11) is 1.55. The highest BCUT2D eigenvalue weighted by Crippen LogP contribution is 2.22. The summed E-state index contributed by atoms with van der Waals surface area (Å²) >= 11 is 0. The number of amides is 2. The van der Waals surface area contributed by atoms with Crippen molar-refractivity contribution in [1.29, 1.82) is 0 Å². The highest BCUT2D eigenvalue weighted by molar-refractivity contribution is 5.95. The van der Waals surface area contributed by atoms with Crippen LogP contribution in [0.3, 0.4) is 0 Å². The number of nitrogen functional groups attached to an aromatic ring is 1. The molecule has 0 bridgehead atoms. The molecule has 6 heteroatoms. The van der Waals surface area contributed by atoms with Crippen LogP contribution in [-0.4, -0.2) is 32.0 Å². The van der Waals surface area contributed by atoms with E-state index in [2.05, 4.69) is 17.6 Å². The van der Waals surface area contributed by atoms with E-state index in [1.807, 2.05) is 0 Å². The highest BCUT2D eigenvalue weighted by Gasteiger charge is 2.08. The number of benzene rings is 1. The summed E-state index contributed by atoms with van der Waals surface area (Å²) in [6.45, 7) is 2.61.